The number of carbonyl (C=O) groups excluding carboxylic acids is 3. The first kappa shape index (κ1) is 28.8. The van der Waals surface area contributed by atoms with Crippen LogP contribution in [0.25, 0.3) is 10.9 Å². The molecule has 4 amide bonds. The molecule has 0 unspecified atom stereocenters. The van der Waals surface area contributed by atoms with Crippen LogP contribution >= 0.6 is 11.6 Å². The van der Waals surface area contributed by atoms with Crippen molar-refractivity contribution in [2.24, 2.45) is 5.73 Å². The minimum absolute atomic E-state index is 0.00844. The van der Waals surface area contributed by atoms with E-state index in [1.165, 1.54) is 0 Å². The third-order valence-corrected chi connectivity index (χ3v) is 8.19. The summed E-state index contributed by atoms with van der Waals surface area (Å²) in [5.74, 6) is -0.304. The number of hydrogen-bond acceptors (Lipinski definition) is 6. The zero-order valence-corrected chi connectivity index (χ0v) is 24.1. The van der Waals surface area contributed by atoms with Gasteiger partial charge in [0.15, 0.2) is 0 Å². The fourth-order valence-corrected chi connectivity index (χ4v) is 6.00. The molecule has 11 heteroatoms. The molecule has 3 N–H and O–H groups in total. The maximum Gasteiger partial charge on any atom is 0.334 e. The maximum atomic E-state index is 14.1. The number of fused-ring (bicyclic) bond motifs is 2. The molecule has 0 bridgehead atoms. The number of benzene rings is 2. The van der Waals surface area contributed by atoms with Gasteiger partial charge in [0.05, 0.1) is 18.1 Å². The molecule has 41 heavy (non-hydrogen) atoms. The third-order valence-electron chi connectivity index (χ3n) is 7.94. The van der Waals surface area contributed by atoms with E-state index < -0.39 is 18.2 Å². The quantitative estimate of drug-likeness (QED) is 0.397. The van der Waals surface area contributed by atoms with Crippen LogP contribution in [0.5, 0.6) is 0 Å². The first-order valence-electron chi connectivity index (χ1n) is 14.0. The number of hydrazine groups is 1. The van der Waals surface area contributed by atoms with Crippen molar-refractivity contribution in [3.8, 4) is 0 Å². The molecule has 0 spiro atoms. The number of halogens is 1. The predicted molar refractivity (Wildman–Crippen MR) is 157 cm³/mol. The van der Waals surface area contributed by atoms with E-state index in [0.29, 0.717) is 37.5 Å². The molecular formula is C30H36ClN7O3. The maximum absolute atomic E-state index is 14.1. The number of para-hydroxylation sites is 1. The highest BCUT2D eigenvalue weighted by Crippen LogP contribution is 2.33. The molecule has 5 rings (SSSR count). The first-order valence-corrected chi connectivity index (χ1v) is 14.3. The van der Waals surface area contributed by atoms with Crippen LogP contribution in [-0.4, -0.2) is 81.0 Å². The zero-order chi connectivity index (χ0) is 29.1. The van der Waals surface area contributed by atoms with Gasteiger partial charge >= 0.3 is 6.03 Å². The SMILES string of the molecule is C[C@H]1[C@H]2N(C(=O)CN(C)N2C(=O)NCc2ccc(Cl)cc2)[C@@H](CCCCN)C(=O)N1Cc1cccc2cccnc12. The molecule has 2 aliphatic heterocycles. The largest absolute Gasteiger partial charge is 0.334 e. The number of likely N-dealkylation sites (N-methyl/N-ethyl adjacent to an activating group) is 1. The summed E-state index contributed by atoms with van der Waals surface area (Å²) in [7, 11) is 1.72. The average molecular weight is 578 g/mol. The molecule has 2 aromatic carbocycles. The van der Waals surface area contributed by atoms with Gasteiger partial charge in [-0.05, 0) is 62.1 Å². The molecule has 3 atom stereocenters. The van der Waals surface area contributed by atoms with Gasteiger partial charge in [-0.2, -0.15) is 0 Å². The monoisotopic (exact) mass is 577 g/mol. The van der Waals surface area contributed by atoms with Crippen LogP contribution in [0, 0.1) is 0 Å². The van der Waals surface area contributed by atoms with E-state index in [1.807, 2.05) is 49.4 Å². The standard InChI is InChI=1S/C30H36ClN7O3/c1-20-28-37(26(39)19-35(2)38(28)30(41)34-17-21-11-13-24(31)14-12-21)25(10-3-4-15-32)29(40)36(20)18-23-8-5-7-22-9-6-16-33-27(22)23/h5-9,11-14,16,20,25,28H,3-4,10,15,17-19,32H2,1-2H3,(H,34,41)/t20-,25-,28-/m0/s1. The van der Waals surface area contributed by atoms with Crippen molar-refractivity contribution in [2.75, 3.05) is 20.1 Å². The zero-order valence-electron chi connectivity index (χ0n) is 23.4. The highest BCUT2D eigenvalue weighted by atomic mass is 35.5. The van der Waals surface area contributed by atoms with E-state index in [1.54, 1.807) is 45.2 Å². The molecule has 3 aromatic rings. The average Bonchev–Trinajstić information content (AvgIpc) is 2.96. The second kappa shape index (κ2) is 12.4. The second-order valence-corrected chi connectivity index (χ2v) is 11.1. The van der Waals surface area contributed by atoms with E-state index >= 15 is 0 Å². The Morgan fingerprint density at radius 3 is 2.61 bits per heavy atom. The van der Waals surface area contributed by atoms with Gasteiger partial charge in [-0.15, -0.1) is 0 Å². The Balaban J connectivity index is 1.47. The molecule has 0 radical (unpaired) electrons. The molecule has 10 nitrogen and oxygen atoms in total. The van der Waals surface area contributed by atoms with E-state index in [9.17, 15) is 14.4 Å². The van der Waals surface area contributed by atoms with Gasteiger partial charge in [-0.1, -0.05) is 48.0 Å². The smallest absolute Gasteiger partial charge is 0.333 e. The number of nitrogens with two attached hydrogens (primary N) is 1. The van der Waals surface area contributed by atoms with Crippen molar-refractivity contribution in [2.45, 2.75) is 57.5 Å². The van der Waals surface area contributed by atoms with Gasteiger partial charge in [-0.3, -0.25) is 14.6 Å². The fourth-order valence-electron chi connectivity index (χ4n) is 5.87. The van der Waals surface area contributed by atoms with E-state index in [0.717, 1.165) is 28.5 Å². The van der Waals surface area contributed by atoms with Crippen molar-refractivity contribution in [3.05, 3.63) is 76.9 Å². The lowest BCUT2D eigenvalue weighted by atomic mass is 9.95. The van der Waals surface area contributed by atoms with E-state index in [-0.39, 0.29) is 24.4 Å². The van der Waals surface area contributed by atoms with Crippen molar-refractivity contribution in [3.63, 3.8) is 0 Å². The first-order chi connectivity index (χ1) is 19.8. The Hall–Kier alpha value is -3.73. The summed E-state index contributed by atoms with van der Waals surface area (Å²) in [6, 6.07) is 15.5. The van der Waals surface area contributed by atoms with Gasteiger partial charge in [0.2, 0.25) is 11.8 Å². The number of aromatic nitrogens is 1. The predicted octanol–water partition coefficient (Wildman–Crippen LogP) is 3.34. The van der Waals surface area contributed by atoms with Crippen molar-refractivity contribution in [1.82, 2.24) is 30.1 Å². The van der Waals surface area contributed by atoms with Crippen LogP contribution in [0.15, 0.2) is 60.8 Å². The number of rotatable bonds is 8. The molecule has 0 aliphatic carbocycles. The Morgan fingerprint density at radius 2 is 1.85 bits per heavy atom. The Bertz CT molecular complexity index is 1410. The summed E-state index contributed by atoms with van der Waals surface area (Å²) in [4.78, 5) is 49.3. The number of amides is 4. The molecule has 2 fully saturated rings. The van der Waals surface area contributed by atoms with Crippen molar-refractivity contribution >= 4 is 40.3 Å². The number of carbonyl (C=O) groups is 3. The number of hydrogen-bond donors (Lipinski definition) is 2. The van der Waals surface area contributed by atoms with Gasteiger partial charge in [0.1, 0.15) is 12.2 Å². The van der Waals surface area contributed by atoms with E-state index in [4.69, 9.17) is 17.3 Å². The summed E-state index contributed by atoms with van der Waals surface area (Å²) in [6.07, 6.45) is 2.96. The van der Waals surface area contributed by atoms with Crippen LogP contribution < -0.4 is 11.1 Å². The van der Waals surface area contributed by atoms with Crippen LogP contribution in [0.2, 0.25) is 5.02 Å². The van der Waals surface area contributed by atoms with Crippen molar-refractivity contribution in [1.29, 1.82) is 0 Å². The van der Waals surface area contributed by atoms with E-state index in [2.05, 4.69) is 10.3 Å². The number of piperazine rings is 1. The summed E-state index contributed by atoms with van der Waals surface area (Å²) < 4.78 is 0. The molecular weight excluding hydrogens is 542 g/mol. The van der Waals surface area contributed by atoms with Gasteiger partial charge in [0, 0.05) is 36.7 Å². The lowest BCUT2D eigenvalue weighted by molar-refractivity contribution is -0.196. The van der Waals surface area contributed by atoms with Crippen molar-refractivity contribution < 1.29 is 14.4 Å². The number of unbranched alkanes of at least 4 members (excludes halogenated alkanes) is 1. The minimum atomic E-state index is -0.696. The minimum Gasteiger partial charge on any atom is -0.333 e. The second-order valence-electron chi connectivity index (χ2n) is 10.7. The van der Waals surface area contributed by atoms with Crippen LogP contribution in [0.4, 0.5) is 4.79 Å². The van der Waals surface area contributed by atoms with Crippen LogP contribution in [0.3, 0.4) is 0 Å². The molecule has 3 heterocycles. The van der Waals surface area contributed by atoms with Crippen LogP contribution in [0.1, 0.15) is 37.3 Å². The Labute approximate surface area is 245 Å². The lowest BCUT2D eigenvalue weighted by Gasteiger charge is -2.57. The van der Waals surface area contributed by atoms with Crippen LogP contribution in [-0.2, 0) is 22.7 Å². The number of nitrogens with one attached hydrogen (secondary N) is 1. The summed E-state index contributed by atoms with van der Waals surface area (Å²) >= 11 is 6.01. The molecule has 2 aliphatic rings. The third kappa shape index (κ3) is 5.86. The Morgan fingerprint density at radius 1 is 1.10 bits per heavy atom. The highest BCUT2D eigenvalue weighted by Gasteiger charge is 2.53. The number of pyridine rings is 1. The summed E-state index contributed by atoms with van der Waals surface area (Å²) in [6.45, 7) is 2.99. The van der Waals surface area contributed by atoms with Gasteiger partial charge < -0.3 is 20.9 Å². The topological polar surface area (TPSA) is 115 Å². The summed E-state index contributed by atoms with van der Waals surface area (Å²) in [5, 5.41) is 7.81. The van der Waals surface area contributed by atoms with Gasteiger partial charge in [0.25, 0.3) is 0 Å². The molecule has 2 saturated heterocycles. The summed E-state index contributed by atoms with van der Waals surface area (Å²) in [5.41, 5.74) is 8.38. The normalized spacial score (nSPS) is 21.4. The molecule has 0 saturated carbocycles. The molecule has 1 aromatic heterocycles. The fraction of sp³-hybridized carbons (Fsp3) is 0.400. The van der Waals surface area contributed by atoms with Gasteiger partial charge in [-0.25, -0.2) is 14.8 Å². The highest BCUT2D eigenvalue weighted by molar-refractivity contribution is 6.30. The number of urea groups is 1. The Kier molecular flexibility index (Phi) is 8.72. The number of nitrogens with zero attached hydrogens (tertiary/aromatic N) is 5. The molecule has 216 valence electrons. The lowest BCUT2D eigenvalue weighted by Crippen LogP contribution is -2.78.